The van der Waals surface area contributed by atoms with Gasteiger partial charge in [-0.3, -0.25) is 0 Å². The summed E-state index contributed by atoms with van der Waals surface area (Å²) in [7, 11) is -2.22. The first kappa shape index (κ1) is 21.9. The summed E-state index contributed by atoms with van der Waals surface area (Å²) in [6, 6.07) is 14.1. The summed E-state index contributed by atoms with van der Waals surface area (Å²) in [5, 5.41) is 10.2. The van der Waals surface area contributed by atoms with Gasteiger partial charge in [-0.1, -0.05) is 48.8 Å². The van der Waals surface area contributed by atoms with Crippen molar-refractivity contribution in [2.24, 2.45) is 0 Å². The fourth-order valence-electron chi connectivity index (χ4n) is 2.48. The van der Waals surface area contributed by atoms with E-state index in [1.807, 2.05) is 24.3 Å². The van der Waals surface area contributed by atoms with Gasteiger partial charge >= 0.3 is 0 Å². The van der Waals surface area contributed by atoms with Crippen molar-refractivity contribution in [3.63, 3.8) is 0 Å². The maximum Gasteiger partial charge on any atom is 0.242 e. The summed E-state index contributed by atoms with van der Waals surface area (Å²) in [6.07, 6.45) is -0.942. The third-order valence-corrected chi connectivity index (χ3v) is 6.52. The summed E-state index contributed by atoms with van der Waals surface area (Å²) in [6.45, 7) is 6.35. The van der Waals surface area contributed by atoms with E-state index in [1.165, 1.54) is 24.7 Å². The van der Waals surface area contributed by atoms with E-state index >= 15 is 0 Å². The first-order valence-electron chi connectivity index (χ1n) is 8.63. The van der Waals surface area contributed by atoms with Crippen LogP contribution in [0.25, 0.3) is 0 Å². The summed E-state index contributed by atoms with van der Waals surface area (Å²) < 4.78 is 32.6. The van der Waals surface area contributed by atoms with Crippen LogP contribution in [-0.2, 0) is 15.4 Å². The first-order valence-corrected chi connectivity index (χ1v) is 10.9. The van der Waals surface area contributed by atoms with Gasteiger partial charge in [0.1, 0.15) is 18.5 Å². The van der Waals surface area contributed by atoms with Crippen LogP contribution in [0, 0.1) is 0 Å². The lowest BCUT2D eigenvalue weighted by molar-refractivity contribution is 0.0935. The summed E-state index contributed by atoms with van der Waals surface area (Å²) in [4.78, 5) is 0.180. The minimum atomic E-state index is -3.66. The minimum absolute atomic E-state index is 0.00899. The number of benzene rings is 2. The number of hydrogen-bond acceptors (Lipinski definition) is 4. The normalized spacial score (nSPS) is 13.6. The molecule has 0 bridgehead atoms. The fourth-order valence-corrected chi connectivity index (χ4v) is 3.95. The molecule has 0 saturated carbocycles. The SMILES string of the molecule is CN(C[C@@H](O)COc1ccc(C(C)(C)C)cc1)S(=O)(=O)c1ccc(Br)cc1. The van der Waals surface area contributed by atoms with Crippen molar-refractivity contribution in [1.29, 1.82) is 0 Å². The van der Waals surface area contributed by atoms with Crippen LogP contribution in [0.3, 0.4) is 0 Å². The zero-order chi connectivity index (χ0) is 20.2. The maximum absolute atomic E-state index is 12.5. The van der Waals surface area contributed by atoms with Gasteiger partial charge in [-0.2, -0.15) is 4.31 Å². The Balaban J connectivity index is 1.93. The lowest BCUT2D eigenvalue weighted by Crippen LogP contribution is -2.37. The van der Waals surface area contributed by atoms with Gasteiger partial charge < -0.3 is 9.84 Å². The predicted molar refractivity (Wildman–Crippen MR) is 111 cm³/mol. The molecule has 7 heteroatoms. The molecule has 0 aliphatic rings. The molecular weight excluding hydrogens is 430 g/mol. The van der Waals surface area contributed by atoms with E-state index in [-0.39, 0.29) is 23.5 Å². The van der Waals surface area contributed by atoms with Crippen molar-refractivity contribution >= 4 is 26.0 Å². The molecule has 2 rings (SSSR count). The number of sulfonamides is 1. The summed E-state index contributed by atoms with van der Waals surface area (Å²) >= 11 is 3.28. The molecule has 0 aliphatic heterocycles. The van der Waals surface area contributed by atoms with Gasteiger partial charge in [0, 0.05) is 18.1 Å². The number of ether oxygens (including phenoxy) is 1. The highest BCUT2D eigenvalue weighted by Crippen LogP contribution is 2.24. The van der Waals surface area contributed by atoms with Crippen LogP contribution in [-0.4, -0.2) is 44.1 Å². The molecule has 0 radical (unpaired) electrons. The van der Waals surface area contributed by atoms with Crippen molar-refractivity contribution in [2.75, 3.05) is 20.2 Å². The molecule has 5 nitrogen and oxygen atoms in total. The molecule has 1 N–H and O–H groups in total. The van der Waals surface area contributed by atoms with E-state index in [2.05, 4.69) is 36.7 Å². The topological polar surface area (TPSA) is 66.8 Å². The largest absolute Gasteiger partial charge is 0.491 e. The van der Waals surface area contributed by atoms with Crippen molar-refractivity contribution in [1.82, 2.24) is 4.31 Å². The molecule has 1 atom stereocenters. The average Bonchev–Trinajstić information content (AvgIpc) is 2.60. The monoisotopic (exact) mass is 455 g/mol. The second-order valence-electron chi connectivity index (χ2n) is 7.48. The van der Waals surface area contributed by atoms with Crippen molar-refractivity contribution < 1.29 is 18.3 Å². The number of likely N-dealkylation sites (N-methyl/N-ethyl adjacent to an activating group) is 1. The Hall–Kier alpha value is -1.41. The lowest BCUT2D eigenvalue weighted by atomic mass is 9.87. The van der Waals surface area contributed by atoms with Crippen molar-refractivity contribution in [3.05, 3.63) is 58.6 Å². The van der Waals surface area contributed by atoms with Gasteiger partial charge in [-0.25, -0.2) is 8.42 Å². The van der Waals surface area contributed by atoms with Crippen molar-refractivity contribution in [2.45, 2.75) is 37.2 Å². The standard InChI is InChI=1S/C20H26BrNO4S/c1-20(2,3)15-5-9-18(10-6-15)26-14-17(23)13-22(4)27(24,25)19-11-7-16(21)8-12-19/h5-12,17,23H,13-14H2,1-4H3/t17-/m1/s1. The van der Waals surface area contributed by atoms with Crippen LogP contribution >= 0.6 is 15.9 Å². The van der Waals surface area contributed by atoms with Crippen LogP contribution in [0.1, 0.15) is 26.3 Å². The van der Waals surface area contributed by atoms with Gasteiger partial charge in [0.2, 0.25) is 10.0 Å². The summed E-state index contributed by atoms with van der Waals surface area (Å²) in [5.41, 5.74) is 1.25. The molecule has 0 aliphatic carbocycles. The molecule has 148 valence electrons. The highest BCUT2D eigenvalue weighted by Gasteiger charge is 2.23. The zero-order valence-corrected chi connectivity index (χ0v) is 18.4. The third kappa shape index (κ3) is 6.04. The van der Waals surface area contributed by atoms with E-state index in [1.54, 1.807) is 12.1 Å². The second kappa shape index (κ2) is 8.73. The van der Waals surface area contributed by atoms with E-state index in [0.29, 0.717) is 5.75 Å². The van der Waals surface area contributed by atoms with Gasteiger partial charge in [-0.15, -0.1) is 0 Å². The maximum atomic E-state index is 12.5. The number of rotatable bonds is 7. The number of hydrogen-bond donors (Lipinski definition) is 1. The molecule has 0 fully saturated rings. The number of aliphatic hydroxyl groups is 1. The predicted octanol–water partition coefficient (Wildman–Crippen LogP) is 3.81. The molecule has 0 heterocycles. The van der Waals surface area contributed by atoms with Crippen LogP contribution in [0.2, 0.25) is 0 Å². The highest BCUT2D eigenvalue weighted by molar-refractivity contribution is 9.10. The number of halogens is 1. The molecular formula is C20H26BrNO4S. The van der Waals surface area contributed by atoms with Gasteiger partial charge in [0.25, 0.3) is 0 Å². The van der Waals surface area contributed by atoms with Crippen LogP contribution < -0.4 is 4.74 Å². The van der Waals surface area contributed by atoms with Gasteiger partial charge in [0.15, 0.2) is 0 Å². The number of nitrogens with zero attached hydrogens (tertiary/aromatic N) is 1. The molecule has 27 heavy (non-hydrogen) atoms. The number of aliphatic hydroxyl groups excluding tert-OH is 1. The quantitative estimate of drug-likeness (QED) is 0.688. The molecule has 0 unspecified atom stereocenters. The fraction of sp³-hybridized carbons (Fsp3) is 0.400. The van der Waals surface area contributed by atoms with Gasteiger partial charge in [0.05, 0.1) is 4.90 Å². The molecule has 2 aromatic carbocycles. The van der Waals surface area contributed by atoms with Gasteiger partial charge in [-0.05, 0) is 47.4 Å². The molecule has 0 spiro atoms. The van der Waals surface area contributed by atoms with Crippen LogP contribution in [0.4, 0.5) is 0 Å². The van der Waals surface area contributed by atoms with E-state index in [4.69, 9.17) is 4.74 Å². The Morgan fingerprint density at radius 1 is 1.07 bits per heavy atom. The average molecular weight is 456 g/mol. The van der Waals surface area contributed by atoms with Crippen LogP contribution in [0.15, 0.2) is 57.9 Å². The Bertz CT molecular complexity index is 843. The molecule has 0 amide bonds. The Morgan fingerprint density at radius 2 is 1.63 bits per heavy atom. The van der Waals surface area contributed by atoms with E-state index in [9.17, 15) is 13.5 Å². The lowest BCUT2D eigenvalue weighted by Gasteiger charge is -2.21. The Labute approximate surface area is 170 Å². The van der Waals surface area contributed by atoms with E-state index in [0.717, 1.165) is 8.78 Å². The minimum Gasteiger partial charge on any atom is -0.491 e. The Morgan fingerprint density at radius 3 is 2.15 bits per heavy atom. The molecule has 0 aromatic heterocycles. The first-order chi connectivity index (χ1) is 12.5. The summed E-state index contributed by atoms with van der Waals surface area (Å²) in [5.74, 6) is 0.639. The molecule has 2 aromatic rings. The van der Waals surface area contributed by atoms with E-state index < -0.39 is 16.1 Å². The van der Waals surface area contributed by atoms with Crippen molar-refractivity contribution in [3.8, 4) is 5.75 Å². The Kier molecular flexibility index (Phi) is 7.08. The highest BCUT2D eigenvalue weighted by atomic mass is 79.9. The smallest absolute Gasteiger partial charge is 0.242 e. The second-order valence-corrected chi connectivity index (χ2v) is 10.4. The van der Waals surface area contributed by atoms with Crippen LogP contribution in [0.5, 0.6) is 5.75 Å². The zero-order valence-electron chi connectivity index (χ0n) is 16.0. The molecule has 0 saturated heterocycles. The third-order valence-electron chi connectivity index (χ3n) is 4.15.